The van der Waals surface area contributed by atoms with E-state index >= 15 is 0 Å². The standard InChI is InChI=1S/C14H20N5O3P3/c15-3-1-2-8-5-19(14-12(8)13(16)17-7-18-14)11-4-9(20)10(22-11)6-23-25-24-21/h5,7,9-11,20-21,23-25H,3-4,6,15H2,(H2,16,17,18). The first-order valence-electron chi connectivity index (χ1n) is 7.66. The van der Waals surface area contributed by atoms with Crippen LogP contribution in [-0.4, -0.2) is 49.4 Å². The number of anilines is 1. The third-order valence-corrected chi connectivity index (χ3v) is 8.90. The maximum atomic E-state index is 10.3. The van der Waals surface area contributed by atoms with Gasteiger partial charge in [0.05, 0.1) is 29.7 Å². The molecular weight excluding hydrogens is 379 g/mol. The molecule has 134 valence electrons. The van der Waals surface area contributed by atoms with E-state index in [0.29, 0.717) is 45.1 Å². The lowest BCUT2D eigenvalue weighted by molar-refractivity contribution is -0.00366. The zero-order valence-electron chi connectivity index (χ0n) is 13.3. The molecule has 2 aromatic rings. The molecule has 0 radical (unpaired) electrons. The van der Waals surface area contributed by atoms with Gasteiger partial charge in [0.15, 0.2) is 0 Å². The molecule has 8 nitrogen and oxygen atoms in total. The number of aromatic nitrogens is 3. The Bertz CT molecular complexity index is 806. The van der Waals surface area contributed by atoms with Crippen LogP contribution in [0.4, 0.5) is 5.82 Å². The number of fused-ring (bicyclic) bond motifs is 1. The molecule has 6 atom stereocenters. The monoisotopic (exact) mass is 399 g/mol. The second kappa shape index (κ2) is 8.66. The molecule has 1 fully saturated rings. The molecule has 6 N–H and O–H groups in total. The molecule has 3 heterocycles. The first kappa shape index (κ1) is 18.9. The highest BCUT2D eigenvalue weighted by molar-refractivity contribution is 8.42. The first-order chi connectivity index (χ1) is 12.2. The maximum absolute atomic E-state index is 10.3. The zero-order chi connectivity index (χ0) is 17.8. The Morgan fingerprint density at radius 1 is 1.44 bits per heavy atom. The Labute approximate surface area is 150 Å². The van der Waals surface area contributed by atoms with Crippen molar-refractivity contribution in [3.05, 3.63) is 18.1 Å². The average Bonchev–Trinajstić information content (AvgIpc) is 3.15. The molecule has 1 aliphatic rings. The van der Waals surface area contributed by atoms with Crippen molar-refractivity contribution in [3.63, 3.8) is 0 Å². The van der Waals surface area contributed by atoms with Gasteiger partial charge in [0, 0.05) is 21.1 Å². The van der Waals surface area contributed by atoms with Gasteiger partial charge in [-0.2, -0.15) is 0 Å². The predicted molar refractivity (Wildman–Crippen MR) is 104 cm³/mol. The molecule has 0 spiro atoms. The van der Waals surface area contributed by atoms with E-state index in [2.05, 4.69) is 21.8 Å². The van der Waals surface area contributed by atoms with E-state index < -0.39 is 6.10 Å². The normalized spacial score (nSPS) is 24.4. The van der Waals surface area contributed by atoms with Gasteiger partial charge in [0.25, 0.3) is 0 Å². The van der Waals surface area contributed by atoms with Crippen molar-refractivity contribution in [2.75, 3.05) is 18.4 Å². The Kier molecular flexibility index (Phi) is 6.55. The number of aliphatic hydroxyl groups excluding tert-OH is 1. The van der Waals surface area contributed by atoms with Gasteiger partial charge < -0.3 is 30.8 Å². The topological polar surface area (TPSA) is 132 Å². The molecule has 6 unspecified atom stereocenters. The highest BCUT2D eigenvalue weighted by Crippen LogP contribution is 2.51. The zero-order valence-corrected chi connectivity index (χ0v) is 16.3. The van der Waals surface area contributed by atoms with Gasteiger partial charge in [0.2, 0.25) is 0 Å². The summed E-state index contributed by atoms with van der Waals surface area (Å²) in [5.74, 6) is 6.17. The summed E-state index contributed by atoms with van der Waals surface area (Å²) in [4.78, 5) is 17.3. The van der Waals surface area contributed by atoms with Crippen LogP contribution in [-0.2, 0) is 4.74 Å². The molecule has 3 rings (SSSR count). The highest BCUT2D eigenvalue weighted by Gasteiger charge is 2.35. The number of rotatable bonds is 5. The SMILES string of the molecule is NCC#Cc1cn(C2CC(O)C(CPPPO)O2)c2ncnc(N)c12. The summed E-state index contributed by atoms with van der Waals surface area (Å²) >= 11 is 0. The lowest BCUT2D eigenvalue weighted by Gasteiger charge is -2.15. The number of nitrogens with two attached hydrogens (primary N) is 2. The van der Waals surface area contributed by atoms with Crippen LogP contribution >= 0.6 is 24.7 Å². The summed E-state index contributed by atoms with van der Waals surface area (Å²) < 4.78 is 7.90. The van der Waals surface area contributed by atoms with E-state index in [4.69, 9.17) is 21.1 Å². The molecule has 0 saturated carbocycles. The number of aliphatic hydroxyl groups is 1. The van der Waals surface area contributed by atoms with Crippen LogP contribution in [0.5, 0.6) is 0 Å². The van der Waals surface area contributed by atoms with E-state index in [1.807, 2.05) is 10.8 Å². The lowest BCUT2D eigenvalue weighted by atomic mass is 10.2. The van der Waals surface area contributed by atoms with Crippen LogP contribution in [0.1, 0.15) is 18.2 Å². The van der Waals surface area contributed by atoms with Crippen LogP contribution in [0.25, 0.3) is 11.0 Å². The number of nitrogens with zero attached hydrogens (tertiary/aromatic N) is 3. The molecule has 0 bridgehead atoms. The third-order valence-electron chi connectivity index (χ3n) is 3.93. The van der Waals surface area contributed by atoms with Gasteiger partial charge in [-0.3, -0.25) is 0 Å². The Morgan fingerprint density at radius 3 is 3.04 bits per heavy atom. The van der Waals surface area contributed by atoms with Gasteiger partial charge >= 0.3 is 0 Å². The molecule has 0 aliphatic carbocycles. The van der Waals surface area contributed by atoms with E-state index in [9.17, 15) is 5.11 Å². The van der Waals surface area contributed by atoms with Crippen LogP contribution < -0.4 is 11.5 Å². The third kappa shape index (κ3) is 4.10. The van der Waals surface area contributed by atoms with Crippen molar-refractivity contribution >= 4 is 41.6 Å². The number of ether oxygens (including phenoxy) is 1. The van der Waals surface area contributed by atoms with Crippen LogP contribution in [0.15, 0.2) is 12.5 Å². The molecular formula is C14H20N5O3P3. The Morgan fingerprint density at radius 2 is 2.28 bits per heavy atom. The molecule has 25 heavy (non-hydrogen) atoms. The average molecular weight is 399 g/mol. The first-order valence-corrected chi connectivity index (χ1v) is 12.8. The van der Waals surface area contributed by atoms with Crippen molar-refractivity contribution in [2.24, 2.45) is 5.73 Å². The number of nitrogen functional groups attached to an aromatic ring is 1. The molecule has 1 aliphatic heterocycles. The number of hydrogen-bond donors (Lipinski definition) is 4. The smallest absolute Gasteiger partial charge is 0.148 e. The van der Waals surface area contributed by atoms with Crippen LogP contribution in [0, 0.1) is 11.8 Å². The fraction of sp³-hybridized carbons (Fsp3) is 0.429. The van der Waals surface area contributed by atoms with Crippen LogP contribution in [0.3, 0.4) is 0 Å². The van der Waals surface area contributed by atoms with Gasteiger partial charge in [-0.1, -0.05) is 20.1 Å². The summed E-state index contributed by atoms with van der Waals surface area (Å²) in [6, 6.07) is 0. The summed E-state index contributed by atoms with van der Waals surface area (Å²) in [7, 11) is 1.09. The van der Waals surface area contributed by atoms with Crippen LogP contribution in [0.2, 0.25) is 0 Å². The minimum absolute atomic E-state index is 0.0307. The molecule has 11 heteroatoms. The van der Waals surface area contributed by atoms with Crippen molar-refractivity contribution in [3.8, 4) is 11.8 Å². The summed E-state index contributed by atoms with van der Waals surface area (Å²) in [5.41, 5.74) is 12.8. The van der Waals surface area contributed by atoms with E-state index in [1.54, 1.807) is 0 Å². The molecule has 0 amide bonds. The molecule has 1 saturated heterocycles. The van der Waals surface area contributed by atoms with E-state index in [-0.39, 0.29) is 27.4 Å². The summed E-state index contributed by atoms with van der Waals surface area (Å²) in [6.45, 7) is 0.244. The maximum Gasteiger partial charge on any atom is 0.148 e. The highest BCUT2D eigenvalue weighted by atomic mass is 32.4. The van der Waals surface area contributed by atoms with Crippen molar-refractivity contribution in [2.45, 2.75) is 24.9 Å². The second-order valence-corrected chi connectivity index (χ2v) is 11.4. The lowest BCUT2D eigenvalue weighted by Crippen LogP contribution is -2.22. The largest absolute Gasteiger partial charge is 0.390 e. The van der Waals surface area contributed by atoms with E-state index in [0.717, 1.165) is 6.16 Å². The van der Waals surface area contributed by atoms with Gasteiger partial charge in [0.1, 0.15) is 24.0 Å². The van der Waals surface area contributed by atoms with Gasteiger partial charge in [-0.05, 0) is 14.1 Å². The second-order valence-electron chi connectivity index (χ2n) is 5.46. The summed E-state index contributed by atoms with van der Waals surface area (Å²) in [5, 5.41) is 11.0. The minimum atomic E-state index is -0.542. The predicted octanol–water partition coefficient (Wildman–Crippen LogP) is 0.745. The fourth-order valence-electron chi connectivity index (χ4n) is 2.83. The van der Waals surface area contributed by atoms with Crippen molar-refractivity contribution in [1.29, 1.82) is 0 Å². The Hall–Kier alpha value is -0.890. The minimum Gasteiger partial charge on any atom is -0.390 e. The Balaban J connectivity index is 1.90. The van der Waals surface area contributed by atoms with E-state index in [1.165, 1.54) is 6.33 Å². The fourth-order valence-corrected chi connectivity index (χ4v) is 6.36. The molecule has 0 aromatic carbocycles. The van der Waals surface area contributed by atoms with Crippen molar-refractivity contribution < 1.29 is 14.7 Å². The summed E-state index contributed by atoms with van der Waals surface area (Å²) in [6.07, 6.45) is 3.34. The molecule has 2 aromatic heterocycles. The van der Waals surface area contributed by atoms with Gasteiger partial charge in [-0.25, -0.2) is 9.97 Å². The van der Waals surface area contributed by atoms with Crippen molar-refractivity contribution in [1.82, 2.24) is 14.5 Å². The van der Waals surface area contributed by atoms with Gasteiger partial charge in [-0.15, -0.1) is 0 Å². The number of hydrogen-bond acceptors (Lipinski definition) is 7. The quantitative estimate of drug-likeness (QED) is 0.331.